The molecule has 7 rings (SSSR count). The number of rotatable bonds is 9. The molecule has 0 aliphatic carbocycles. The molecule has 12 heteroatoms. The predicted octanol–water partition coefficient (Wildman–Crippen LogP) is 7.13. The van der Waals surface area contributed by atoms with E-state index in [1.165, 1.54) is 28.8 Å². The fourth-order valence-electron chi connectivity index (χ4n) is 5.47. The summed E-state index contributed by atoms with van der Waals surface area (Å²) in [6.07, 6.45) is 1.74. The first-order chi connectivity index (χ1) is 22.9. The highest BCUT2D eigenvalue weighted by atomic mass is 32.2. The van der Waals surface area contributed by atoms with Gasteiger partial charge in [0.1, 0.15) is 29.5 Å². The van der Waals surface area contributed by atoms with E-state index in [0.29, 0.717) is 45.0 Å². The number of benzene rings is 3. The van der Waals surface area contributed by atoms with Gasteiger partial charge in [0.25, 0.3) is 5.78 Å². The summed E-state index contributed by atoms with van der Waals surface area (Å²) >= 11 is 2.53. The lowest BCUT2D eigenvalue weighted by Gasteiger charge is -2.23. The monoisotopic (exact) mass is 663 g/mol. The van der Waals surface area contributed by atoms with E-state index in [9.17, 15) is 19.1 Å². The molecule has 1 aliphatic rings. The molecule has 47 heavy (non-hydrogen) atoms. The maximum atomic E-state index is 13.8. The van der Waals surface area contributed by atoms with E-state index in [1.54, 1.807) is 66.1 Å². The second kappa shape index (κ2) is 12.8. The summed E-state index contributed by atoms with van der Waals surface area (Å²) in [5, 5.41) is 20.6. The minimum absolute atomic E-state index is 0.0975. The van der Waals surface area contributed by atoms with Crippen molar-refractivity contribution in [2.75, 3.05) is 4.90 Å². The van der Waals surface area contributed by atoms with Crippen molar-refractivity contribution < 1.29 is 23.8 Å². The smallest absolute Gasteiger partial charge is 0.301 e. The van der Waals surface area contributed by atoms with E-state index in [0.717, 1.165) is 22.5 Å². The highest BCUT2D eigenvalue weighted by Crippen LogP contribution is 2.45. The highest BCUT2D eigenvalue weighted by Gasteiger charge is 2.49. The molecule has 9 nitrogen and oxygen atoms in total. The van der Waals surface area contributed by atoms with Crippen LogP contribution in [-0.4, -0.2) is 36.4 Å². The Morgan fingerprint density at radius 2 is 1.74 bits per heavy atom. The van der Waals surface area contributed by atoms with Crippen LogP contribution in [0.3, 0.4) is 0 Å². The molecule has 1 fully saturated rings. The third-order valence-electron chi connectivity index (χ3n) is 7.67. The van der Waals surface area contributed by atoms with Crippen LogP contribution in [0.1, 0.15) is 34.1 Å². The van der Waals surface area contributed by atoms with E-state index in [2.05, 4.69) is 15.2 Å². The van der Waals surface area contributed by atoms with Crippen LogP contribution in [0, 0.1) is 12.7 Å². The first kappa shape index (κ1) is 30.3. The van der Waals surface area contributed by atoms with Crippen LogP contribution in [-0.2, 0) is 21.9 Å². The minimum atomic E-state index is -1.04. The van der Waals surface area contributed by atoms with Crippen LogP contribution in [0.25, 0.3) is 11.4 Å². The number of nitrogens with zero attached hydrogens (tertiary/aromatic N) is 5. The third-order valence-corrected chi connectivity index (χ3v) is 9.80. The van der Waals surface area contributed by atoms with Gasteiger partial charge >= 0.3 is 5.91 Å². The Labute approximate surface area is 277 Å². The van der Waals surface area contributed by atoms with E-state index < -0.39 is 17.7 Å². The number of aliphatic hydroxyl groups is 1. The summed E-state index contributed by atoms with van der Waals surface area (Å²) in [4.78, 5) is 33.5. The summed E-state index contributed by atoms with van der Waals surface area (Å²) in [6, 6.07) is 27.4. The Morgan fingerprint density at radius 3 is 2.55 bits per heavy atom. The molecular weight excluding hydrogens is 638 g/mol. The largest absolute Gasteiger partial charge is 0.505 e. The summed E-state index contributed by atoms with van der Waals surface area (Å²) < 4.78 is 21.7. The second-order valence-corrected chi connectivity index (χ2v) is 12.9. The predicted molar refractivity (Wildman–Crippen MR) is 178 cm³/mol. The molecule has 6 aromatic rings. The number of fused-ring (bicyclic) bond motifs is 1. The quantitative estimate of drug-likeness (QED) is 0.0572. The van der Waals surface area contributed by atoms with Crippen LogP contribution in [0.2, 0.25) is 0 Å². The Morgan fingerprint density at radius 1 is 0.957 bits per heavy atom. The molecule has 1 atom stereocenters. The maximum absolute atomic E-state index is 13.8. The normalized spacial score (nSPS) is 15.9. The molecule has 1 N–H and O–H groups in total. The van der Waals surface area contributed by atoms with Crippen LogP contribution in [0.5, 0.6) is 5.75 Å². The van der Waals surface area contributed by atoms with Gasteiger partial charge in [-0.3, -0.25) is 18.9 Å². The van der Waals surface area contributed by atoms with Gasteiger partial charge in [0, 0.05) is 11.9 Å². The number of hydrogen-bond donors (Lipinski definition) is 1. The topological polar surface area (TPSA) is 110 Å². The van der Waals surface area contributed by atoms with Gasteiger partial charge in [-0.1, -0.05) is 83.8 Å². The van der Waals surface area contributed by atoms with Crippen molar-refractivity contribution in [3.8, 4) is 5.75 Å². The van der Waals surface area contributed by atoms with Crippen molar-refractivity contribution in [2.45, 2.75) is 29.7 Å². The lowest BCUT2D eigenvalue weighted by Crippen LogP contribution is -2.29. The van der Waals surface area contributed by atoms with Gasteiger partial charge in [-0.05, 0) is 60.0 Å². The molecule has 0 radical (unpaired) electrons. The molecule has 1 amide bonds. The number of ether oxygens (including phenoxy) is 1. The van der Waals surface area contributed by atoms with Crippen molar-refractivity contribution in [1.29, 1.82) is 0 Å². The number of hydrogen-bond acceptors (Lipinski definition) is 9. The second-order valence-electron chi connectivity index (χ2n) is 10.8. The number of amides is 1. The number of carbonyl (C=O) groups excluding carboxylic acids is 2. The molecule has 3 aromatic carbocycles. The van der Waals surface area contributed by atoms with Crippen molar-refractivity contribution in [3.05, 3.63) is 143 Å². The van der Waals surface area contributed by atoms with Gasteiger partial charge in [0.2, 0.25) is 5.13 Å². The first-order valence-corrected chi connectivity index (χ1v) is 16.4. The van der Waals surface area contributed by atoms with Crippen molar-refractivity contribution in [2.24, 2.45) is 0 Å². The fourth-order valence-corrected chi connectivity index (χ4v) is 7.29. The zero-order valence-electron chi connectivity index (χ0n) is 24.9. The number of halogens is 1. The van der Waals surface area contributed by atoms with Crippen LogP contribution in [0.4, 0.5) is 9.52 Å². The number of ketones is 1. The third kappa shape index (κ3) is 6.00. The number of anilines is 1. The van der Waals surface area contributed by atoms with E-state index in [-0.39, 0.29) is 22.3 Å². The van der Waals surface area contributed by atoms with Crippen molar-refractivity contribution in [1.82, 2.24) is 19.6 Å². The Bertz CT molecular complexity index is 2150. The van der Waals surface area contributed by atoms with Crippen LogP contribution < -0.4 is 9.64 Å². The fraction of sp³-hybridized carbons (Fsp3) is 0.114. The Hall–Kier alpha value is -5.33. The maximum Gasteiger partial charge on any atom is 0.301 e. The molecule has 1 unspecified atom stereocenters. The van der Waals surface area contributed by atoms with Gasteiger partial charge in [0.05, 0.1) is 17.3 Å². The summed E-state index contributed by atoms with van der Waals surface area (Å²) in [5.74, 6) is -1.34. The van der Waals surface area contributed by atoms with E-state index in [1.807, 2.05) is 36.4 Å². The zero-order valence-corrected chi connectivity index (χ0v) is 26.5. The van der Waals surface area contributed by atoms with Crippen LogP contribution >= 0.6 is 23.1 Å². The molecule has 3 aromatic heterocycles. The Kier molecular flexibility index (Phi) is 8.27. The van der Waals surface area contributed by atoms with Gasteiger partial charge in [-0.2, -0.15) is 0 Å². The van der Waals surface area contributed by atoms with Crippen molar-refractivity contribution in [3.63, 3.8) is 0 Å². The van der Waals surface area contributed by atoms with Gasteiger partial charge in [-0.15, -0.1) is 10.2 Å². The SMILES string of the molecule is Cc1nc2ccccn2c1C(O)=C1C(=O)C(=O)N(c2nnc(SCc3ccc(F)cc3)s2)C1c1cccc(OCc2ccccc2)c1. The summed E-state index contributed by atoms with van der Waals surface area (Å²) in [7, 11) is 0. The molecular formula is C35H26FN5O4S2. The zero-order chi connectivity index (χ0) is 32.5. The van der Waals surface area contributed by atoms with Gasteiger partial charge in [0.15, 0.2) is 10.1 Å². The van der Waals surface area contributed by atoms with Crippen LogP contribution in [0.15, 0.2) is 113 Å². The molecule has 234 valence electrons. The molecule has 1 aliphatic heterocycles. The van der Waals surface area contributed by atoms with Crippen molar-refractivity contribution >= 4 is 51.3 Å². The van der Waals surface area contributed by atoms with Gasteiger partial charge in [-0.25, -0.2) is 9.37 Å². The number of carbonyl (C=O) groups is 2. The lowest BCUT2D eigenvalue weighted by molar-refractivity contribution is -0.132. The molecule has 1 saturated heterocycles. The Balaban J connectivity index is 1.29. The summed E-state index contributed by atoms with van der Waals surface area (Å²) in [5.41, 5.74) is 3.71. The number of imidazole rings is 1. The highest BCUT2D eigenvalue weighted by molar-refractivity contribution is 8.00. The molecule has 0 bridgehead atoms. The standard InChI is InChI=1S/C35H26FN5O4S2/c1-21-29(40-17-6-5-12-27(40)37-21)31(42)28-30(24-10-7-11-26(18-24)45-19-22-8-3-2-4-9-22)41(33(44)32(28)43)34-38-39-35(47-34)46-20-23-13-15-25(36)16-14-23/h2-18,30,42H,19-20H2,1H3. The first-order valence-electron chi connectivity index (χ1n) is 14.6. The number of Topliss-reactive ketones (excluding diaryl/α,β-unsaturated/α-hetero) is 1. The van der Waals surface area contributed by atoms with E-state index >= 15 is 0 Å². The average Bonchev–Trinajstić information content (AvgIpc) is 3.77. The summed E-state index contributed by atoms with van der Waals surface area (Å²) in [6.45, 7) is 2.05. The number of aliphatic hydroxyl groups excluding tert-OH is 1. The van der Waals surface area contributed by atoms with E-state index in [4.69, 9.17) is 4.74 Å². The molecule has 0 spiro atoms. The molecule has 0 saturated carbocycles. The number of pyridine rings is 1. The lowest BCUT2D eigenvalue weighted by atomic mass is 9.96. The number of aryl methyl sites for hydroxylation is 1. The minimum Gasteiger partial charge on any atom is -0.505 e. The molecule has 4 heterocycles. The number of aromatic nitrogens is 4. The van der Waals surface area contributed by atoms with Gasteiger partial charge < -0.3 is 9.84 Å². The number of thioether (sulfide) groups is 1. The average molecular weight is 664 g/mol.